The highest BCUT2D eigenvalue weighted by molar-refractivity contribution is 6.46. The number of rotatable bonds is 2. The molecule has 146 valence electrons. The maximum Gasteiger partial charge on any atom is 0.416 e. The summed E-state index contributed by atoms with van der Waals surface area (Å²) in [5.74, 6) is -0.965. The Labute approximate surface area is 159 Å². The Morgan fingerprint density at radius 3 is 2.50 bits per heavy atom. The fraction of sp³-hybridized carbons (Fsp3) is 0.333. The molecule has 0 spiro atoms. The van der Waals surface area contributed by atoms with Gasteiger partial charge in [0.05, 0.1) is 12.1 Å². The third-order valence-corrected chi connectivity index (χ3v) is 5.43. The van der Waals surface area contributed by atoms with E-state index in [1.165, 1.54) is 24.3 Å². The van der Waals surface area contributed by atoms with Gasteiger partial charge >= 0.3 is 6.18 Å². The number of hydrogen-bond donors (Lipinski definition) is 0. The summed E-state index contributed by atoms with van der Waals surface area (Å²) in [5, 5.41) is 0. The summed E-state index contributed by atoms with van der Waals surface area (Å²) in [6.45, 7) is 1.03. The van der Waals surface area contributed by atoms with Gasteiger partial charge in [0.1, 0.15) is 11.5 Å². The summed E-state index contributed by atoms with van der Waals surface area (Å²) in [5.41, 5.74) is 1.23. The molecule has 0 aliphatic carbocycles. The monoisotopic (exact) mass is 390 g/mol. The topological polar surface area (TPSA) is 32.7 Å². The highest BCUT2D eigenvalue weighted by Crippen LogP contribution is 2.38. The van der Waals surface area contributed by atoms with Crippen LogP contribution in [0.3, 0.4) is 0 Å². The van der Waals surface area contributed by atoms with Crippen LogP contribution in [0.25, 0.3) is 0 Å². The first-order valence-electron chi connectivity index (χ1n) is 9.13. The van der Waals surface area contributed by atoms with Crippen LogP contribution < -0.4 is 0 Å². The van der Waals surface area contributed by atoms with Crippen molar-refractivity contribution in [2.75, 3.05) is 13.1 Å². The van der Waals surface area contributed by atoms with Crippen LogP contribution in [0.5, 0.6) is 0 Å². The Bertz CT molecular complexity index is 944. The zero-order valence-electron chi connectivity index (χ0n) is 15.0. The van der Waals surface area contributed by atoms with E-state index < -0.39 is 17.6 Å². The summed E-state index contributed by atoms with van der Waals surface area (Å²) >= 11 is 0. The van der Waals surface area contributed by atoms with Crippen LogP contribution >= 0.6 is 0 Å². The van der Waals surface area contributed by atoms with Crippen molar-refractivity contribution in [2.24, 2.45) is 4.99 Å². The molecule has 1 saturated heterocycles. The van der Waals surface area contributed by atoms with Gasteiger partial charge in [-0.05, 0) is 48.1 Å². The molecule has 1 amide bonds. The van der Waals surface area contributed by atoms with Crippen molar-refractivity contribution in [1.82, 2.24) is 4.90 Å². The molecule has 2 aliphatic rings. The number of halogens is 4. The largest absolute Gasteiger partial charge is 0.416 e. The van der Waals surface area contributed by atoms with Crippen molar-refractivity contribution >= 4 is 11.6 Å². The van der Waals surface area contributed by atoms with Gasteiger partial charge in [0.25, 0.3) is 5.91 Å². The Kier molecular flexibility index (Phi) is 4.69. The standard InChI is InChI=1S/C21H18F4N2O/c22-15-6-5-14-12-26-19(17(14)11-15)20(28)27-9-7-13(8-10-27)16-3-1-2-4-18(16)21(23,24)25/h1-6,11,13H,7-10,12H2. The molecule has 28 heavy (non-hydrogen) atoms. The minimum Gasteiger partial charge on any atom is -0.337 e. The molecule has 0 N–H and O–H groups in total. The first kappa shape index (κ1) is 18.7. The first-order chi connectivity index (χ1) is 13.3. The smallest absolute Gasteiger partial charge is 0.337 e. The van der Waals surface area contributed by atoms with Gasteiger partial charge in [0, 0.05) is 18.7 Å². The van der Waals surface area contributed by atoms with E-state index in [0.29, 0.717) is 38.0 Å². The SMILES string of the molecule is O=C(C1=NCc2ccc(F)cc21)N1CCC(c2ccccc2C(F)(F)F)CC1. The minimum atomic E-state index is -4.39. The van der Waals surface area contributed by atoms with Crippen LogP contribution in [0, 0.1) is 5.82 Å². The van der Waals surface area contributed by atoms with Crippen LogP contribution in [0.15, 0.2) is 47.5 Å². The van der Waals surface area contributed by atoms with E-state index in [2.05, 4.69) is 4.99 Å². The number of piperidine rings is 1. The van der Waals surface area contributed by atoms with Gasteiger partial charge in [-0.25, -0.2) is 4.39 Å². The molecule has 2 aromatic rings. The summed E-state index contributed by atoms with van der Waals surface area (Å²) in [6.07, 6.45) is -3.50. The highest BCUT2D eigenvalue weighted by Gasteiger charge is 2.36. The molecule has 0 bridgehead atoms. The maximum atomic E-state index is 13.5. The maximum absolute atomic E-state index is 13.5. The molecule has 0 saturated carbocycles. The Morgan fingerprint density at radius 1 is 1.07 bits per heavy atom. The zero-order valence-corrected chi connectivity index (χ0v) is 15.0. The first-order valence-corrected chi connectivity index (χ1v) is 9.13. The van der Waals surface area contributed by atoms with Gasteiger partial charge in [-0.2, -0.15) is 13.2 Å². The Hall–Kier alpha value is -2.70. The summed E-state index contributed by atoms with van der Waals surface area (Å²) in [7, 11) is 0. The van der Waals surface area contributed by atoms with E-state index in [0.717, 1.165) is 11.6 Å². The third kappa shape index (κ3) is 3.41. The van der Waals surface area contributed by atoms with Gasteiger partial charge in [-0.3, -0.25) is 9.79 Å². The predicted molar refractivity (Wildman–Crippen MR) is 96.6 cm³/mol. The summed E-state index contributed by atoms with van der Waals surface area (Å²) in [4.78, 5) is 18.7. The van der Waals surface area contributed by atoms with Crippen LogP contribution in [0.2, 0.25) is 0 Å². The minimum absolute atomic E-state index is 0.239. The van der Waals surface area contributed by atoms with Crippen LogP contribution in [0.4, 0.5) is 17.6 Å². The van der Waals surface area contributed by atoms with Gasteiger partial charge in [0.2, 0.25) is 0 Å². The fourth-order valence-electron chi connectivity index (χ4n) is 3.99. The lowest BCUT2D eigenvalue weighted by molar-refractivity contribution is -0.138. The second kappa shape index (κ2) is 7.04. The van der Waals surface area contributed by atoms with Gasteiger partial charge in [-0.15, -0.1) is 0 Å². The number of alkyl halides is 3. The number of carbonyl (C=O) groups excluding carboxylic acids is 1. The van der Waals surface area contributed by atoms with E-state index in [4.69, 9.17) is 0 Å². The average Bonchev–Trinajstić information content (AvgIpc) is 3.10. The molecule has 2 heterocycles. The van der Waals surface area contributed by atoms with Crippen molar-refractivity contribution in [1.29, 1.82) is 0 Å². The van der Waals surface area contributed by atoms with E-state index in [9.17, 15) is 22.4 Å². The summed E-state index contributed by atoms with van der Waals surface area (Å²) in [6, 6.07) is 9.89. The molecule has 4 rings (SSSR count). The van der Waals surface area contributed by atoms with E-state index in [1.54, 1.807) is 17.0 Å². The second-order valence-electron chi connectivity index (χ2n) is 7.12. The highest BCUT2D eigenvalue weighted by atomic mass is 19.4. The number of amides is 1. The van der Waals surface area contributed by atoms with Gasteiger partial charge in [-0.1, -0.05) is 24.3 Å². The van der Waals surface area contributed by atoms with Gasteiger partial charge < -0.3 is 4.90 Å². The van der Waals surface area contributed by atoms with Crippen molar-refractivity contribution in [2.45, 2.75) is 31.5 Å². The number of benzene rings is 2. The van der Waals surface area contributed by atoms with Crippen molar-refractivity contribution in [3.05, 3.63) is 70.5 Å². The number of likely N-dealkylation sites (tertiary alicyclic amines) is 1. The fourth-order valence-corrected chi connectivity index (χ4v) is 3.99. The lowest BCUT2D eigenvalue weighted by atomic mass is 9.86. The van der Waals surface area contributed by atoms with E-state index >= 15 is 0 Å². The zero-order chi connectivity index (χ0) is 19.9. The van der Waals surface area contributed by atoms with Gasteiger partial charge in [0.15, 0.2) is 0 Å². The van der Waals surface area contributed by atoms with Crippen molar-refractivity contribution < 1.29 is 22.4 Å². The number of hydrogen-bond acceptors (Lipinski definition) is 2. The van der Waals surface area contributed by atoms with E-state index in [-0.39, 0.29) is 23.1 Å². The molecule has 7 heteroatoms. The third-order valence-electron chi connectivity index (χ3n) is 5.43. The second-order valence-corrected chi connectivity index (χ2v) is 7.12. The quantitative estimate of drug-likeness (QED) is 0.693. The van der Waals surface area contributed by atoms with Crippen LogP contribution in [-0.4, -0.2) is 29.6 Å². The lowest BCUT2D eigenvalue weighted by Gasteiger charge is -2.33. The molecular formula is C21H18F4N2O. The molecule has 0 aromatic heterocycles. The molecule has 1 fully saturated rings. The number of aliphatic imine (C=N–C) groups is 1. The number of nitrogens with zero attached hydrogens (tertiary/aromatic N) is 2. The Balaban J connectivity index is 1.48. The molecule has 0 atom stereocenters. The summed E-state index contributed by atoms with van der Waals surface area (Å²) < 4.78 is 53.4. The Morgan fingerprint density at radius 2 is 1.79 bits per heavy atom. The molecule has 3 nitrogen and oxygen atoms in total. The molecule has 0 radical (unpaired) electrons. The molecule has 2 aromatic carbocycles. The predicted octanol–water partition coefficient (Wildman–Crippen LogP) is 4.55. The molecular weight excluding hydrogens is 372 g/mol. The number of fused-ring (bicyclic) bond motifs is 1. The van der Waals surface area contributed by atoms with Crippen molar-refractivity contribution in [3.63, 3.8) is 0 Å². The average molecular weight is 390 g/mol. The molecule has 0 unspecified atom stereocenters. The lowest BCUT2D eigenvalue weighted by Crippen LogP contribution is -2.42. The molecule has 2 aliphatic heterocycles. The van der Waals surface area contributed by atoms with Crippen LogP contribution in [0.1, 0.15) is 41.0 Å². The van der Waals surface area contributed by atoms with Crippen LogP contribution in [-0.2, 0) is 17.5 Å². The van der Waals surface area contributed by atoms with E-state index in [1.807, 2.05) is 0 Å². The number of carbonyl (C=O) groups is 1. The van der Waals surface area contributed by atoms with Crippen molar-refractivity contribution in [3.8, 4) is 0 Å². The normalized spacial score (nSPS) is 17.4.